The number of nitrogens with zero attached hydrogens (tertiary/aromatic N) is 1. The highest BCUT2D eigenvalue weighted by Crippen LogP contribution is 2.34. The fourth-order valence-corrected chi connectivity index (χ4v) is 3.41. The SMILES string of the molecule is Cc1ccc(NCc2cc(Cl)cc(Cl)c2OCc2ccc([N+](=O)[O-])cc2)cc1C. The number of nitrogens with one attached hydrogen (secondary N) is 1. The molecule has 0 aromatic heterocycles. The largest absolute Gasteiger partial charge is 0.487 e. The second-order valence-electron chi connectivity index (χ2n) is 6.74. The minimum Gasteiger partial charge on any atom is -0.487 e. The number of rotatable bonds is 7. The third-order valence-corrected chi connectivity index (χ3v) is 5.10. The van der Waals surface area contributed by atoms with Gasteiger partial charge in [0.15, 0.2) is 0 Å². The maximum Gasteiger partial charge on any atom is 0.269 e. The van der Waals surface area contributed by atoms with Gasteiger partial charge in [-0.2, -0.15) is 0 Å². The summed E-state index contributed by atoms with van der Waals surface area (Å²) in [6.07, 6.45) is 0. The van der Waals surface area contributed by atoms with E-state index < -0.39 is 4.92 Å². The van der Waals surface area contributed by atoms with Gasteiger partial charge in [-0.25, -0.2) is 0 Å². The first-order valence-electron chi connectivity index (χ1n) is 8.98. The van der Waals surface area contributed by atoms with Gasteiger partial charge in [-0.1, -0.05) is 29.3 Å². The lowest BCUT2D eigenvalue weighted by molar-refractivity contribution is -0.384. The molecule has 3 aromatic rings. The summed E-state index contributed by atoms with van der Waals surface area (Å²) in [5.41, 5.74) is 5.08. The summed E-state index contributed by atoms with van der Waals surface area (Å²) in [7, 11) is 0. The van der Waals surface area contributed by atoms with Crippen molar-refractivity contribution in [3.8, 4) is 5.75 Å². The van der Waals surface area contributed by atoms with Crippen LogP contribution < -0.4 is 10.1 Å². The van der Waals surface area contributed by atoms with Crippen LogP contribution in [0.4, 0.5) is 11.4 Å². The van der Waals surface area contributed by atoms with Gasteiger partial charge in [0.1, 0.15) is 12.4 Å². The molecule has 0 saturated heterocycles. The van der Waals surface area contributed by atoms with Crippen LogP contribution in [0.15, 0.2) is 54.6 Å². The molecule has 5 nitrogen and oxygen atoms in total. The van der Waals surface area contributed by atoms with E-state index in [1.165, 1.54) is 23.3 Å². The van der Waals surface area contributed by atoms with Crippen molar-refractivity contribution in [2.75, 3.05) is 5.32 Å². The Hall–Kier alpha value is -2.76. The molecule has 0 radical (unpaired) electrons. The Morgan fingerprint density at radius 1 is 1.00 bits per heavy atom. The Bertz CT molecular complexity index is 1040. The lowest BCUT2D eigenvalue weighted by Gasteiger charge is -2.16. The van der Waals surface area contributed by atoms with E-state index in [0.29, 0.717) is 22.3 Å². The molecule has 0 aliphatic carbocycles. The van der Waals surface area contributed by atoms with Crippen molar-refractivity contribution in [1.29, 1.82) is 0 Å². The van der Waals surface area contributed by atoms with Crippen molar-refractivity contribution in [2.24, 2.45) is 0 Å². The van der Waals surface area contributed by atoms with Crippen LogP contribution >= 0.6 is 23.2 Å². The molecule has 0 atom stereocenters. The van der Waals surface area contributed by atoms with Crippen LogP contribution in [-0.2, 0) is 13.2 Å². The average molecular weight is 431 g/mol. The molecule has 0 heterocycles. The van der Waals surface area contributed by atoms with Crippen LogP contribution in [0.1, 0.15) is 22.3 Å². The molecule has 0 unspecified atom stereocenters. The van der Waals surface area contributed by atoms with Crippen LogP contribution in [-0.4, -0.2) is 4.92 Å². The standard InChI is InChI=1S/C22H20Cl2N2O3/c1-14-3-6-19(9-15(14)2)25-12-17-10-18(23)11-21(24)22(17)29-13-16-4-7-20(8-5-16)26(27)28/h3-11,25H,12-13H2,1-2H3. The number of aryl methyl sites for hydroxylation is 2. The Kier molecular flexibility index (Phi) is 6.62. The zero-order valence-corrected chi connectivity index (χ0v) is 17.6. The molecule has 3 aromatic carbocycles. The van der Waals surface area contributed by atoms with E-state index in [2.05, 4.69) is 31.3 Å². The van der Waals surface area contributed by atoms with Crippen molar-refractivity contribution in [2.45, 2.75) is 27.0 Å². The Labute approximate surface area is 179 Å². The summed E-state index contributed by atoms with van der Waals surface area (Å²) in [5, 5.41) is 15.1. The molecular formula is C22H20Cl2N2O3. The monoisotopic (exact) mass is 430 g/mol. The first-order chi connectivity index (χ1) is 13.8. The molecule has 29 heavy (non-hydrogen) atoms. The minimum absolute atomic E-state index is 0.0385. The molecule has 0 bridgehead atoms. The van der Waals surface area contributed by atoms with Crippen LogP contribution in [0, 0.1) is 24.0 Å². The molecule has 1 N–H and O–H groups in total. The van der Waals surface area contributed by atoms with Gasteiger partial charge < -0.3 is 10.1 Å². The second-order valence-corrected chi connectivity index (χ2v) is 7.58. The predicted molar refractivity (Wildman–Crippen MR) is 117 cm³/mol. The zero-order chi connectivity index (χ0) is 21.0. The first kappa shape index (κ1) is 21.0. The summed E-state index contributed by atoms with van der Waals surface area (Å²) in [6, 6.07) is 15.8. The highest BCUT2D eigenvalue weighted by atomic mass is 35.5. The number of non-ortho nitro benzene ring substituents is 1. The van der Waals surface area contributed by atoms with Crippen molar-refractivity contribution in [3.05, 3.63) is 97.0 Å². The van der Waals surface area contributed by atoms with Gasteiger partial charge in [-0.15, -0.1) is 0 Å². The number of nitro groups is 1. The number of hydrogen-bond donors (Lipinski definition) is 1. The fourth-order valence-electron chi connectivity index (χ4n) is 2.82. The number of halogens is 2. The van der Waals surface area contributed by atoms with Gasteiger partial charge in [0.05, 0.1) is 9.95 Å². The molecule has 0 amide bonds. The Morgan fingerprint density at radius 3 is 2.38 bits per heavy atom. The fraction of sp³-hybridized carbons (Fsp3) is 0.182. The number of hydrogen-bond acceptors (Lipinski definition) is 4. The zero-order valence-electron chi connectivity index (χ0n) is 16.0. The minimum atomic E-state index is -0.433. The average Bonchev–Trinajstić information content (AvgIpc) is 2.68. The number of nitro benzene ring substituents is 1. The molecule has 7 heteroatoms. The molecular weight excluding hydrogens is 411 g/mol. The van der Waals surface area contributed by atoms with Crippen molar-refractivity contribution >= 4 is 34.6 Å². The third-order valence-electron chi connectivity index (χ3n) is 4.61. The molecule has 3 rings (SSSR count). The molecule has 150 valence electrons. The molecule has 0 aliphatic heterocycles. The van der Waals surface area contributed by atoms with Gasteiger partial charge in [0.25, 0.3) is 5.69 Å². The molecule has 0 spiro atoms. The van der Waals surface area contributed by atoms with Gasteiger partial charge in [-0.3, -0.25) is 10.1 Å². The highest BCUT2D eigenvalue weighted by molar-refractivity contribution is 6.35. The topological polar surface area (TPSA) is 64.4 Å². The third kappa shape index (κ3) is 5.40. The first-order valence-corrected chi connectivity index (χ1v) is 9.74. The van der Waals surface area contributed by atoms with Gasteiger partial charge in [0.2, 0.25) is 0 Å². The van der Waals surface area contributed by atoms with E-state index in [-0.39, 0.29) is 12.3 Å². The summed E-state index contributed by atoms with van der Waals surface area (Å²) < 4.78 is 5.94. The van der Waals surface area contributed by atoms with Crippen molar-refractivity contribution < 1.29 is 9.66 Å². The number of benzene rings is 3. The van der Waals surface area contributed by atoms with Crippen LogP contribution in [0.2, 0.25) is 10.0 Å². The smallest absolute Gasteiger partial charge is 0.269 e. The van der Waals surface area contributed by atoms with Crippen LogP contribution in [0.5, 0.6) is 5.75 Å². The highest BCUT2D eigenvalue weighted by Gasteiger charge is 2.12. The van der Waals surface area contributed by atoms with E-state index in [1.807, 2.05) is 12.1 Å². The van der Waals surface area contributed by atoms with Crippen LogP contribution in [0.25, 0.3) is 0 Å². The quantitative estimate of drug-likeness (QED) is 0.334. The van der Waals surface area contributed by atoms with E-state index >= 15 is 0 Å². The normalized spacial score (nSPS) is 10.6. The lowest BCUT2D eigenvalue weighted by atomic mass is 10.1. The lowest BCUT2D eigenvalue weighted by Crippen LogP contribution is -2.05. The maximum absolute atomic E-state index is 10.8. The summed E-state index contributed by atoms with van der Waals surface area (Å²) in [6.45, 7) is 4.85. The van der Waals surface area contributed by atoms with E-state index in [9.17, 15) is 10.1 Å². The summed E-state index contributed by atoms with van der Waals surface area (Å²) >= 11 is 12.6. The molecule has 0 fully saturated rings. The summed E-state index contributed by atoms with van der Waals surface area (Å²) in [5.74, 6) is 0.533. The number of ether oxygens (including phenoxy) is 1. The van der Waals surface area contributed by atoms with E-state index in [4.69, 9.17) is 27.9 Å². The Morgan fingerprint density at radius 2 is 1.72 bits per heavy atom. The second kappa shape index (κ2) is 9.16. The van der Waals surface area contributed by atoms with E-state index in [1.54, 1.807) is 18.2 Å². The van der Waals surface area contributed by atoms with Crippen LogP contribution in [0.3, 0.4) is 0 Å². The van der Waals surface area contributed by atoms with E-state index in [0.717, 1.165) is 16.8 Å². The number of anilines is 1. The molecule has 0 aliphatic rings. The molecule has 0 saturated carbocycles. The predicted octanol–water partition coefficient (Wildman–Crippen LogP) is 6.71. The van der Waals surface area contributed by atoms with Gasteiger partial charge >= 0.3 is 0 Å². The van der Waals surface area contributed by atoms with Gasteiger partial charge in [0, 0.05) is 35.0 Å². The Balaban J connectivity index is 1.75. The maximum atomic E-state index is 10.8. The van der Waals surface area contributed by atoms with Gasteiger partial charge in [-0.05, 0) is 66.9 Å². The van der Waals surface area contributed by atoms with Crippen molar-refractivity contribution in [3.63, 3.8) is 0 Å². The van der Waals surface area contributed by atoms with Crippen molar-refractivity contribution in [1.82, 2.24) is 0 Å². The summed E-state index contributed by atoms with van der Waals surface area (Å²) in [4.78, 5) is 10.3.